The number of rotatable bonds is 4. The topological polar surface area (TPSA) is 54.7 Å². The smallest absolute Gasteiger partial charge is 0.123 e. The second-order valence-electron chi connectivity index (χ2n) is 4.10. The number of halogens is 1. The second-order valence-corrected chi connectivity index (χ2v) is 4.10. The fourth-order valence-electron chi connectivity index (χ4n) is 1.83. The summed E-state index contributed by atoms with van der Waals surface area (Å²) in [6, 6.07) is 6.60. The van der Waals surface area contributed by atoms with Crippen LogP contribution in [0.3, 0.4) is 0 Å². The summed E-state index contributed by atoms with van der Waals surface area (Å²) in [7, 11) is 0. The summed E-state index contributed by atoms with van der Waals surface area (Å²) >= 11 is 0. The SMILES string of the molecule is Cc1[nH]c(CCN)nc1Cc1cccc(F)c1. The molecule has 0 amide bonds. The third-order valence-corrected chi connectivity index (χ3v) is 2.68. The van der Waals surface area contributed by atoms with Crippen molar-refractivity contribution in [2.24, 2.45) is 5.73 Å². The van der Waals surface area contributed by atoms with Gasteiger partial charge in [-0.3, -0.25) is 0 Å². The number of hydrogen-bond acceptors (Lipinski definition) is 2. The first-order valence-electron chi connectivity index (χ1n) is 5.68. The number of benzene rings is 1. The molecule has 3 nitrogen and oxygen atoms in total. The maximum absolute atomic E-state index is 13.1. The highest BCUT2D eigenvalue weighted by molar-refractivity contribution is 5.25. The van der Waals surface area contributed by atoms with Crippen LogP contribution in [-0.2, 0) is 12.8 Å². The summed E-state index contributed by atoms with van der Waals surface area (Å²) in [5.74, 6) is 0.689. The summed E-state index contributed by atoms with van der Waals surface area (Å²) in [5, 5.41) is 0. The highest BCUT2D eigenvalue weighted by Crippen LogP contribution is 2.13. The first-order chi connectivity index (χ1) is 8.19. The molecular weight excluding hydrogens is 217 g/mol. The molecule has 0 aliphatic carbocycles. The highest BCUT2D eigenvalue weighted by atomic mass is 19.1. The van der Waals surface area contributed by atoms with Crippen LogP contribution in [0.15, 0.2) is 24.3 Å². The predicted molar refractivity (Wildman–Crippen MR) is 65.3 cm³/mol. The monoisotopic (exact) mass is 233 g/mol. The Morgan fingerprint density at radius 2 is 2.24 bits per heavy atom. The molecule has 0 saturated carbocycles. The average molecular weight is 233 g/mol. The Hall–Kier alpha value is -1.68. The quantitative estimate of drug-likeness (QED) is 0.848. The van der Waals surface area contributed by atoms with E-state index in [9.17, 15) is 4.39 Å². The molecule has 1 aromatic carbocycles. The number of hydrogen-bond donors (Lipinski definition) is 2. The van der Waals surface area contributed by atoms with E-state index < -0.39 is 0 Å². The van der Waals surface area contributed by atoms with Gasteiger partial charge in [0.25, 0.3) is 0 Å². The summed E-state index contributed by atoms with van der Waals surface area (Å²) < 4.78 is 13.1. The van der Waals surface area contributed by atoms with E-state index in [1.165, 1.54) is 12.1 Å². The van der Waals surface area contributed by atoms with Crippen molar-refractivity contribution in [1.29, 1.82) is 0 Å². The third-order valence-electron chi connectivity index (χ3n) is 2.68. The molecule has 0 aliphatic heterocycles. The zero-order valence-electron chi connectivity index (χ0n) is 9.83. The van der Waals surface area contributed by atoms with Crippen LogP contribution in [0.2, 0.25) is 0 Å². The summed E-state index contributed by atoms with van der Waals surface area (Å²) in [4.78, 5) is 7.66. The van der Waals surface area contributed by atoms with Crippen LogP contribution >= 0.6 is 0 Å². The van der Waals surface area contributed by atoms with E-state index in [-0.39, 0.29) is 5.82 Å². The number of nitrogens with zero attached hydrogens (tertiary/aromatic N) is 1. The Morgan fingerprint density at radius 1 is 1.41 bits per heavy atom. The molecule has 0 radical (unpaired) electrons. The fraction of sp³-hybridized carbons (Fsp3) is 0.308. The van der Waals surface area contributed by atoms with E-state index in [0.29, 0.717) is 13.0 Å². The Morgan fingerprint density at radius 3 is 2.94 bits per heavy atom. The maximum Gasteiger partial charge on any atom is 0.123 e. The Bertz CT molecular complexity index is 505. The second kappa shape index (κ2) is 5.10. The van der Waals surface area contributed by atoms with Gasteiger partial charge in [0, 0.05) is 18.5 Å². The van der Waals surface area contributed by atoms with Gasteiger partial charge in [-0.2, -0.15) is 0 Å². The van der Waals surface area contributed by atoms with Gasteiger partial charge < -0.3 is 10.7 Å². The van der Waals surface area contributed by atoms with Crippen LogP contribution in [0.25, 0.3) is 0 Å². The minimum absolute atomic E-state index is 0.210. The van der Waals surface area contributed by atoms with Gasteiger partial charge in [0.05, 0.1) is 5.69 Å². The van der Waals surface area contributed by atoms with Crippen LogP contribution in [0.1, 0.15) is 22.8 Å². The largest absolute Gasteiger partial charge is 0.346 e. The van der Waals surface area contributed by atoms with Gasteiger partial charge in [0.1, 0.15) is 11.6 Å². The normalized spacial score (nSPS) is 10.8. The molecule has 0 spiro atoms. The molecule has 2 rings (SSSR count). The van der Waals surface area contributed by atoms with Crippen molar-refractivity contribution in [3.63, 3.8) is 0 Å². The lowest BCUT2D eigenvalue weighted by atomic mass is 10.1. The lowest BCUT2D eigenvalue weighted by Gasteiger charge is -1.99. The van der Waals surface area contributed by atoms with Gasteiger partial charge >= 0.3 is 0 Å². The van der Waals surface area contributed by atoms with Crippen molar-refractivity contribution in [2.45, 2.75) is 19.8 Å². The van der Waals surface area contributed by atoms with Gasteiger partial charge in [0.2, 0.25) is 0 Å². The van der Waals surface area contributed by atoms with Gasteiger partial charge in [0.15, 0.2) is 0 Å². The van der Waals surface area contributed by atoms with E-state index in [1.54, 1.807) is 6.07 Å². The highest BCUT2D eigenvalue weighted by Gasteiger charge is 2.07. The van der Waals surface area contributed by atoms with Crippen molar-refractivity contribution in [2.75, 3.05) is 6.54 Å². The van der Waals surface area contributed by atoms with E-state index in [2.05, 4.69) is 9.97 Å². The summed E-state index contributed by atoms with van der Waals surface area (Å²) in [6.45, 7) is 2.55. The summed E-state index contributed by atoms with van der Waals surface area (Å²) in [6.07, 6.45) is 1.38. The molecule has 4 heteroatoms. The molecule has 90 valence electrons. The van der Waals surface area contributed by atoms with E-state index in [1.807, 2.05) is 13.0 Å². The maximum atomic E-state index is 13.1. The lowest BCUT2D eigenvalue weighted by molar-refractivity contribution is 0.626. The number of imidazole rings is 1. The number of nitrogens with one attached hydrogen (secondary N) is 1. The van der Waals surface area contributed by atoms with Gasteiger partial charge in [-0.05, 0) is 31.2 Å². The predicted octanol–water partition coefficient (Wildman–Crippen LogP) is 1.95. The molecular formula is C13H16FN3. The number of aryl methyl sites for hydroxylation is 1. The minimum atomic E-state index is -0.210. The van der Waals surface area contributed by atoms with E-state index in [0.717, 1.165) is 29.2 Å². The van der Waals surface area contributed by atoms with Gasteiger partial charge in [-0.1, -0.05) is 12.1 Å². The van der Waals surface area contributed by atoms with Crippen molar-refractivity contribution >= 4 is 0 Å². The number of nitrogens with two attached hydrogens (primary N) is 1. The Labute approximate surface area is 99.9 Å². The van der Waals surface area contributed by atoms with Crippen LogP contribution in [0.5, 0.6) is 0 Å². The molecule has 3 N–H and O–H groups in total. The lowest BCUT2D eigenvalue weighted by Crippen LogP contribution is -2.04. The Balaban J connectivity index is 2.18. The van der Waals surface area contributed by atoms with Crippen molar-refractivity contribution in [1.82, 2.24) is 9.97 Å². The molecule has 0 unspecified atom stereocenters. The van der Waals surface area contributed by atoms with Gasteiger partial charge in [-0.25, -0.2) is 9.37 Å². The summed E-state index contributed by atoms with van der Waals surface area (Å²) in [5.41, 5.74) is 8.40. The van der Waals surface area contributed by atoms with Crippen molar-refractivity contribution in [3.05, 3.63) is 52.9 Å². The molecule has 1 heterocycles. The molecule has 0 atom stereocenters. The zero-order valence-corrected chi connectivity index (χ0v) is 9.83. The van der Waals surface area contributed by atoms with Crippen LogP contribution < -0.4 is 5.73 Å². The number of aromatic amines is 1. The van der Waals surface area contributed by atoms with E-state index in [4.69, 9.17) is 5.73 Å². The number of aromatic nitrogens is 2. The molecule has 2 aromatic rings. The van der Waals surface area contributed by atoms with Crippen LogP contribution in [0.4, 0.5) is 4.39 Å². The Kier molecular flexibility index (Phi) is 3.54. The first-order valence-corrected chi connectivity index (χ1v) is 5.68. The molecule has 1 aromatic heterocycles. The van der Waals surface area contributed by atoms with Crippen molar-refractivity contribution in [3.8, 4) is 0 Å². The number of H-pyrrole nitrogens is 1. The fourth-order valence-corrected chi connectivity index (χ4v) is 1.83. The van der Waals surface area contributed by atoms with E-state index >= 15 is 0 Å². The molecule has 17 heavy (non-hydrogen) atoms. The molecule has 0 aliphatic rings. The standard InChI is InChI=1S/C13H16FN3/c1-9-12(17-13(16-9)5-6-15)8-10-3-2-4-11(14)7-10/h2-4,7H,5-6,8,15H2,1H3,(H,16,17). The first kappa shape index (κ1) is 11.8. The van der Waals surface area contributed by atoms with Crippen LogP contribution in [-0.4, -0.2) is 16.5 Å². The zero-order chi connectivity index (χ0) is 12.3. The minimum Gasteiger partial charge on any atom is -0.346 e. The molecule has 0 saturated heterocycles. The van der Waals surface area contributed by atoms with Crippen LogP contribution in [0, 0.1) is 12.7 Å². The van der Waals surface area contributed by atoms with Crippen molar-refractivity contribution < 1.29 is 4.39 Å². The molecule has 0 fully saturated rings. The van der Waals surface area contributed by atoms with Gasteiger partial charge in [-0.15, -0.1) is 0 Å². The average Bonchev–Trinajstić information content (AvgIpc) is 2.60. The third kappa shape index (κ3) is 2.91. The molecule has 0 bridgehead atoms.